The van der Waals surface area contributed by atoms with E-state index in [-0.39, 0.29) is 71.3 Å². The van der Waals surface area contributed by atoms with E-state index in [0.29, 0.717) is 0 Å². The summed E-state index contributed by atoms with van der Waals surface area (Å²) in [4.78, 5) is 0.0612. The van der Waals surface area contributed by atoms with Crippen molar-refractivity contribution in [1.29, 1.82) is 0 Å². The number of benzene rings is 1. The molecule has 0 saturated carbocycles. The topological polar surface area (TPSA) is 37.3 Å². The number of rotatable bonds is 1. The summed E-state index contributed by atoms with van der Waals surface area (Å²) in [5.41, 5.74) is 0. The Balaban J connectivity index is 0.00000144. The molecule has 0 aliphatic heterocycles. The van der Waals surface area contributed by atoms with Gasteiger partial charge in [0.1, 0.15) is 0 Å². The van der Waals surface area contributed by atoms with Gasteiger partial charge in [-0.15, -0.1) is 0 Å². The zero-order chi connectivity index (χ0) is 9.30. The molecule has 1 aromatic carbocycles. The van der Waals surface area contributed by atoms with Crippen LogP contribution in [0.15, 0.2) is 17.0 Å². The first-order valence-electron chi connectivity index (χ1n) is 2.78. The van der Waals surface area contributed by atoms with Crippen molar-refractivity contribution in [3.63, 3.8) is 0 Å². The van der Waals surface area contributed by atoms with Crippen molar-refractivity contribution in [3.8, 4) is 0 Å². The minimum absolute atomic E-state index is 0. The molecule has 0 aromatic heterocycles. The first-order valence-corrected chi connectivity index (χ1v) is 5.02. The fraction of sp³-hybridized carbons (Fsp3) is 0. The van der Waals surface area contributed by atoms with Crippen molar-refractivity contribution >= 4 is 97.3 Å². The van der Waals surface area contributed by atoms with E-state index in [9.17, 15) is 4.21 Å². The van der Waals surface area contributed by atoms with Crippen LogP contribution in [0.2, 0.25) is 15.1 Å². The molecule has 0 heterocycles. The summed E-state index contributed by atoms with van der Waals surface area (Å²) in [5.74, 6) is 0. The van der Waals surface area contributed by atoms with Crippen LogP contribution in [0, 0.1) is 0 Å². The standard InChI is InChI=1S/C6H3Cl3O2S.K.H/c7-3-1-5(9)6(12(10)11)2-4(3)8;;/h1-2H,(H,10,11);;. The van der Waals surface area contributed by atoms with E-state index in [1.165, 1.54) is 12.1 Å². The average Bonchev–Trinajstić information content (AvgIpc) is 1.96. The van der Waals surface area contributed by atoms with Crippen molar-refractivity contribution in [2.24, 2.45) is 0 Å². The van der Waals surface area contributed by atoms with Gasteiger partial charge in [-0.3, -0.25) is 0 Å². The van der Waals surface area contributed by atoms with Gasteiger partial charge < -0.3 is 4.55 Å². The second-order valence-corrected chi connectivity index (χ2v) is 4.11. The molecule has 13 heavy (non-hydrogen) atoms. The van der Waals surface area contributed by atoms with E-state index in [0.717, 1.165) is 0 Å². The monoisotopic (exact) mass is 284 g/mol. The second kappa shape index (κ2) is 6.43. The third-order valence-corrected chi connectivity index (χ3v) is 3.02. The minimum atomic E-state index is -2.13. The molecule has 1 unspecified atom stereocenters. The van der Waals surface area contributed by atoms with Crippen LogP contribution >= 0.6 is 34.8 Å². The predicted molar refractivity (Wildman–Crippen MR) is 57.7 cm³/mol. The van der Waals surface area contributed by atoms with Crippen molar-refractivity contribution in [1.82, 2.24) is 0 Å². The van der Waals surface area contributed by atoms with Gasteiger partial charge in [0.05, 0.1) is 20.0 Å². The van der Waals surface area contributed by atoms with Crippen LogP contribution in [0.5, 0.6) is 0 Å². The summed E-state index contributed by atoms with van der Waals surface area (Å²) in [6, 6.07) is 2.59. The quantitative estimate of drug-likeness (QED) is 0.489. The normalized spacial score (nSPS) is 12.0. The van der Waals surface area contributed by atoms with Gasteiger partial charge in [0.25, 0.3) is 0 Å². The molecular formula is C6H4Cl3KO2S. The molecule has 0 radical (unpaired) electrons. The molecule has 2 nitrogen and oxygen atoms in total. The fourth-order valence-electron chi connectivity index (χ4n) is 0.638. The van der Waals surface area contributed by atoms with Crippen molar-refractivity contribution < 1.29 is 8.76 Å². The van der Waals surface area contributed by atoms with E-state index in [2.05, 4.69) is 0 Å². The maximum atomic E-state index is 10.6. The van der Waals surface area contributed by atoms with Gasteiger partial charge in [-0.1, -0.05) is 34.8 Å². The van der Waals surface area contributed by atoms with Crippen LogP contribution < -0.4 is 0 Å². The fourth-order valence-corrected chi connectivity index (χ4v) is 1.89. The molecule has 68 valence electrons. The van der Waals surface area contributed by atoms with Gasteiger partial charge in [0.2, 0.25) is 0 Å². The number of halogens is 3. The summed E-state index contributed by atoms with van der Waals surface area (Å²) in [7, 11) is 0. The third-order valence-electron chi connectivity index (χ3n) is 1.16. The summed E-state index contributed by atoms with van der Waals surface area (Å²) >= 11 is 14.7. The summed E-state index contributed by atoms with van der Waals surface area (Å²) in [6.07, 6.45) is 0. The molecule has 0 fully saturated rings. The summed E-state index contributed by atoms with van der Waals surface area (Å²) < 4.78 is 19.3. The molecule has 0 amide bonds. The van der Waals surface area contributed by atoms with Gasteiger partial charge in [-0.05, 0) is 12.1 Å². The second-order valence-electron chi connectivity index (χ2n) is 1.95. The van der Waals surface area contributed by atoms with Gasteiger partial charge in [-0.2, -0.15) is 0 Å². The van der Waals surface area contributed by atoms with E-state index in [4.69, 9.17) is 39.4 Å². The van der Waals surface area contributed by atoms with Crippen molar-refractivity contribution in [2.75, 3.05) is 0 Å². The SMILES string of the molecule is O=S(O)c1cc(Cl)c(Cl)cc1Cl.[KH]. The van der Waals surface area contributed by atoms with Crippen molar-refractivity contribution in [3.05, 3.63) is 27.2 Å². The van der Waals surface area contributed by atoms with Gasteiger partial charge in [-0.25, -0.2) is 4.21 Å². The Bertz CT molecular complexity index is 345. The molecule has 7 heteroatoms. The molecule has 0 aliphatic rings. The Hall–Kier alpha value is 1.84. The van der Waals surface area contributed by atoms with Crippen LogP contribution in [0.3, 0.4) is 0 Å². The Kier molecular flexibility index (Phi) is 7.33. The number of hydrogen-bond acceptors (Lipinski definition) is 1. The van der Waals surface area contributed by atoms with Crippen LogP contribution in [0.1, 0.15) is 0 Å². The molecule has 1 N–H and O–H groups in total. The number of hydrogen-bond donors (Lipinski definition) is 1. The Morgan fingerprint density at radius 3 is 2.00 bits per heavy atom. The molecule has 0 saturated heterocycles. The van der Waals surface area contributed by atoms with E-state index >= 15 is 0 Å². The van der Waals surface area contributed by atoms with Crippen molar-refractivity contribution in [2.45, 2.75) is 4.90 Å². The zero-order valence-electron chi connectivity index (χ0n) is 5.55. The average molecular weight is 286 g/mol. The maximum absolute atomic E-state index is 10.6. The molecular weight excluding hydrogens is 282 g/mol. The first kappa shape index (κ1) is 14.8. The Morgan fingerprint density at radius 2 is 1.54 bits per heavy atom. The predicted octanol–water partition coefficient (Wildman–Crippen LogP) is 2.58. The van der Waals surface area contributed by atoms with E-state index in [1.807, 2.05) is 0 Å². The van der Waals surface area contributed by atoms with Crippen LogP contribution in [0.4, 0.5) is 0 Å². The van der Waals surface area contributed by atoms with Gasteiger partial charge >= 0.3 is 51.4 Å². The third kappa shape index (κ3) is 4.07. The molecule has 1 rings (SSSR count). The van der Waals surface area contributed by atoms with E-state index < -0.39 is 11.1 Å². The zero-order valence-corrected chi connectivity index (χ0v) is 8.64. The molecule has 0 spiro atoms. The van der Waals surface area contributed by atoms with E-state index in [1.54, 1.807) is 0 Å². The molecule has 1 atom stereocenters. The summed E-state index contributed by atoms with van der Waals surface area (Å²) in [6.45, 7) is 0. The molecule has 1 aromatic rings. The summed E-state index contributed by atoms with van der Waals surface area (Å²) in [5, 5.41) is 0.597. The Labute approximate surface area is 136 Å². The van der Waals surface area contributed by atoms with Crippen LogP contribution in [0.25, 0.3) is 0 Å². The Morgan fingerprint density at radius 1 is 1.08 bits per heavy atom. The first-order chi connectivity index (χ1) is 5.52. The van der Waals surface area contributed by atoms with Gasteiger partial charge in [0.15, 0.2) is 11.1 Å². The van der Waals surface area contributed by atoms with Crippen LogP contribution in [-0.2, 0) is 11.1 Å². The molecule has 0 bridgehead atoms. The molecule has 0 aliphatic carbocycles. The van der Waals surface area contributed by atoms with Crippen LogP contribution in [-0.4, -0.2) is 60.1 Å². The van der Waals surface area contributed by atoms with Gasteiger partial charge in [0, 0.05) is 0 Å².